The SMILES string of the molecule is CCC(CO)(CCCCCS)COCCCSCCCOCC(CC)(CO)COCCCSCCCOCC(CC)(CO)COCCCS.CCCCOCC(CC)(CO)COCCCS.CCCCOCC(CC)(CO)COCCCSCCCOCC(CC)(CO)COCCCS. The molecule has 24 heteroatoms. The van der Waals surface area contributed by atoms with Crippen LogP contribution in [-0.2, 0) is 52.1 Å². The summed E-state index contributed by atoms with van der Waals surface area (Å²) >= 11 is 22.6. The van der Waals surface area contributed by atoms with E-state index in [9.17, 15) is 30.6 Å². The first kappa shape index (κ1) is 105. The second kappa shape index (κ2) is 76.5. The Morgan fingerprint density at radius 1 is 0.222 bits per heavy atom. The zero-order valence-electron chi connectivity index (χ0n) is 64.3. The maximum atomic E-state index is 10.1. The van der Waals surface area contributed by atoms with Crippen molar-refractivity contribution in [2.45, 2.75) is 203 Å². The highest BCUT2D eigenvalue weighted by atomic mass is 32.2. The molecule has 0 aliphatic heterocycles. The Bertz CT molecular complexity index is 1470. The molecule has 0 aromatic carbocycles. The number of unbranched alkanes of at least 4 members (excludes halogenated alkanes) is 4. The maximum absolute atomic E-state index is 10.1. The number of thiol groups is 4. The van der Waals surface area contributed by atoms with Crippen LogP contribution in [0.5, 0.6) is 0 Å². The number of aliphatic hydroxyl groups is 6. The highest BCUT2D eigenvalue weighted by Gasteiger charge is 2.33. The molecule has 99 heavy (non-hydrogen) atoms. The number of hydrogen-bond acceptors (Lipinski definition) is 24. The molecule has 0 radical (unpaired) electrons. The molecule has 0 amide bonds. The van der Waals surface area contributed by atoms with E-state index < -0.39 is 0 Å². The third-order valence-corrected chi connectivity index (χ3v) is 23.2. The zero-order chi connectivity index (χ0) is 74.0. The molecule has 0 aromatic heterocycles. The van der Waals surface area contributed by atoms with Crippen LogP contribution in [0.4, 0.5) is 0 Å². The van der Waals surface area contributed by atoms with E-state index in [-0.39, 0.29) is 72.1 Å². The van der Waals surface area contributed by atoms with Crippen molar-refractivity contribution in [3.05, 3.63) is 0 Å². The topological polar surface area (TPSA) is 223 Å². The first-order valence-electron chi connectivity index (χ1n) is 38.4. The molecule has 0 bridgehead atoms. The quantitative estimate of drug-likeness (QED) is 0.0202. The van der Waals surface area contributed by atoms with Gasteiger partial charge in [-0.05, 0) is 180 Å². The lowest BCUT2D eigenvalue weighted by atomic mass is 9.81. The highest BCUT2D eigenvalue weighted by molar-refractivity contribution is 7.99. The summed E-state index contributed by atoms with van der Waals surface area (Å²) < 4.78 is 64.0. The van der Waals surface area contributed by atoms with Gasteiger partial charge in [-0.3, -0.25) is 0 Å². The van der Waals surface area contributed by atoms with Crippen molar-refractivity contribution in [1.82, 2.24) is 0 Å². The molecule has 0 saturated carbocycles. The van der Waals surface area contributed by atoms with Gasteiger partial charge in [0.1, 0.15) is 0 Å². The van der Waals surface area contributed by atoms with Crippen LogP contribution >= 0.6 is 85.8 Å². The molecule has 0 saturated heterocycles. The van der Waals surface area contributed by atoms with E-state index in [2.05, 4.69) is 106 Å². The fraction of sp³-hybridized carbons (Fsp3) is 1.00. The number of rotatable bonds is 78. The Balaban J connectivity index is -0.00000157. The minimum atomic E-state index is -0.344. The average Bonchev–Trinajstić information content (AvgIpc) is 1.43. The van der Waals surface area contributed by atoms with Gasteiger partial charge in [0.15, 0.2) is 0 Å². The van der Waals surface area contributed by atoms with Crippen molar-refractivity contribution in [1.29, 1.82) is 0 Å². The van der Waals surface area contributed by atoms with Gasteiger partial charge in [0, 0.05) is 105 Å². The van der Waals surface area contributed by atoms with Crippen LogP contribution in [0.2, 0.25) is 0 Å². The van der Waals surface area contributed by atoms with Crippen LogP contribution in [0, 0.1) is 32.5 Å². The molecule has 0 fully saturated rings. The molecule has 6 unspecified atom stereocenters. The minimum Gasteiger partial charge on any atom is -0.396 e. The lowest BCUT2D eigenvalue weighted by Crippen LogP contribution is -2.36. The smallest absolute Gasteiger partial charge is 0.0566 e. The predicted molar refractivity (Wildman–Crippen MR) is 435 cm³/mol. The maximum Gasteiger partial charge on any atom is 0.0566 e. The van der Waals surface area contributed by atoms with Crippen molar-refractivity contribution in [3.8, 4) is 0 Å². The number of aliphatic hydroxyl groups excluding tert-OH is 6. The first-order valence-corrected chi connectivity index (χ1v) is 44.4. The molecular weight excluding hydrogens is 1400 g/mol. The summed E-state index contributed by atoms with van der Waals surface area (Å²) in [4.78, 5) is 0. The van der Waals surface area contributed by atoms with Crippen LogP contribution < -0.4 is 0 Å². The van der Waals surface area contributed by atoms with Crippen LogP contribution in [0.15, 0.2) is 0 Å². The van der Waals surface area contributed by atoms with E-state index in [0.29, 0.717) is 126 Å². The van der Waals surface area contributed by atoms with Crippen molar-refractivity contribution in [2.24, 2.45) is 32.5 Å². The van der Waals surface area contributed by atoms with E-state index in [4.69, 9.17) is 52.1 Å². The second-order valence-electron chi connectivity index (χ2n) is 27.1. The minimum absolute atomic E-state index is 0.0651. The lowest BCUT2D eigenvalue weighted by molar-refractivity contribution is -0.0533. The van der Waals surface area contributed by atoms with Crippen molar-refractivity contribution in [3.63, 3.8) is 0 Å². The molecule has 6 N–H and O–H groups in total. The van der Waals surface area contributed by atoms with Gasteiger partial charge in [-0.1, -0.05) is 81.1 Å². The van der Waals surface area contributed by atoms with Gasteiger partial charge in [0.25, 0.3) is 0 Å². The fourth-order valence-corrected chi connectivity index (χ4v) is 12.8. The summed E-state index contributed by atoms with van der Waals surface area (Å²) in [5.41, 5.74) is -1.57. The first-order chi connectivity index (χ1) is 48.2. The molecule has 0 aliphatic carbocycles. The van der Waals surface area contributed by atoms with Crippen LogP contribution in [0.25, 0.3) is 0 Å². The van der Waals surface area contributed by atoms with Crippen LogP contribution in [0.3, 0.4) is 0 Å². The Hall–Kier alpha value is 1.77. The molecule has 0 rings (SSSR count). The van der Waals surface area contributed by atoms with Crippen LogP contribution in [-0.4, -0.2) is 273 Å². The van der Waals surface area contributed by atoms with Gasteiger partial charge >= 0.3 is 0 Å². The van der Waals surface area contributed by atoms with Gasteiger partial charge in [-0.2, -0.15) is 85.8 Å². The van der Waals surface area contributed by atoms with E-state index >= 15 is 0 Å². The number of hydrogen-bond donors (Lipinski definition) is 10. The Morgan fingerprint density at radius 2 is 0.404 bits per heavy atom. The van der Waals surface area contributed by atoms with Crippen molar-refractivity contribution in [2.75, 3.05) is 243 Å². The summed E-state index contributed by atoms with van der Waals surface area (Å²) in [6, 6.07) is 0. The molecule has 0 heterocycles. The van der Waals surface area contributed by atoms with E-state index in [1.807, 2.05) is 35.3 Å². The van der Waals surface area contributed by atoms with Crippen LogP contribution in [0.1, 0.15) is 203 Å². The second-order valence-corrected chi connectivity index (χ2v) is 32.5. The normalized spacial score (nSPS) is 15.5. The summed E-state index contributed by atoms with van der Waals surface area (Å²) in [5.74, 6) is 9.68. The summed E-state index contributed by atoms with van der Waals surface area (Å²) in [5, 5.41) is 59.1. The number of thioether (sulfide) groups is 3. The third-order valence-electron chi connectivity index (χ3n) is 18.5. The number of ether oxygens (including phenoxy) is 11. The van der Waals surface area contributed by atoms with E-state index in [1.54, 1.807) is 0 Å². The summed E-state index contributed by atoms with van der Waals surface area (Å²) in [7, 11) is 0. The average molecular weight is 1550 g/mol. The van der Waals surface area contributed by atoms with Gasteiger partial charge in [0.2, 0.25) is 0 Å². The highest BCUT2D eigenvalue weighted by Crippen LogP contribution is 2.31. The fourth-order valence-electron chi connectivity index (χ4n) is 9.67. The molecule has 0 spiro atoms. The van der Waals surface area contributed by atoms with Gasteiger partial charge in [-0.25, -0.2) is 0 Å². The van der Waals surface area contributed by atoms with E-state index in [1.165, 1.54) is 6.42 Å². The lowest BCUT2D eigenvalue weighted by Gasteiger charge is -2.30. The summed E-state index contributed by atoms with van der Waals surface area (Å²) in [6.07, 6.45) is 22.7. The largest absolute Gasteiger partial charge is 0.396 e. The standard InChI is InChI=1S/C37H76O8S4.C25H52O6S2.C13H28O3S/c1-4-35(27-38,15-8-7-9-21-46)30-42-17-11-23-48-24-13-19-44-33-37(6-3,29-40)34-45-20-14-26-49-25-12-18-43-32-36(5-2,28-39)31-41-16-10-22-47;1-4-7-11-28-20-24(5-2,18-26)22-30-13-9-16-33-17-10-14-31-23-25(6-3,19-27)21-29-12-8-15-32;1-3-5-7-15-11-13(4-2,10-14)12-16-8-6-9-17/h38-40,46-47H,4-34H2,1-3H3;26-27,32H,4-23H2,1-3H3;14,17H,3-12H2,1-2H3. The Morgan fingerprint density at radius 3 is 0.576 bits per heavy atom. The van der Waals surface area contributed by atoms with Crippen molar-refractivity contribution < 1.29 is 82.7 Å². The molecule has 0 aromatic rings. The molecule has 17 nitrogen and oxygen atoms in total. The Labute approximate surface area is 642 Å². The molecule has 600 valence electrons. The van der Waals surface area contributed by atoms with Gasteiger partial charge < -0.3 is 82.7 Å². The predicted octanol–water partition coefficient (Wildman–Crippen LogP) is 14.1. The van der Waals surface area contributed by atoms with E-state index in [0.717, 1.165) is 219 Å². The monoisotopic (exact) mass is 1550 g/mol. The van der Waals surface area contributed by atoms with Gasteiger partial charge in [-0.15, -0.1) is 0 Å². The van der Waals surface area contributed by atoms with Crippen molar-refractivity contribution >= 4 is 85.8 Å². The summed E-state index contributed by atoms with van der Waals surface area (Å²) in [6.45, 7) is 31.3. The zero-order valence-corrected chi connectivity index (χ0v) is 70.3. The molecule has 0 aliphatic rings. The molecular formula is C75H156O17S7. The third kappa shape index (κ3) is 58.4. The van der Waals surface area contributed by atoms with Gasteiger partial charge in [0.05, 0.1) is 112 Å². The Kier molecular flexibility index (Phi) is 81.1. The molecule has 6 atom stereocenters.